The molecule has 2 amide bonds. The van der Waals surface area contributed by atoms with Crippen LogP contribution in [0, 0.1) is 5.92 Å². The van der Waals surface area contributed by atoms with Crippen molar-refractivity contribution in [1.82, 2.24) is 4.98 Å². The summed E-state index contributed by atoms with van der Waals surface area (Å²) < 4.78 is 7.05. The van der Waals surface area contributed by atoms with Crippen LogP contribution in [0.3, 0.4) is 0 Å². The number of ether oxygens (including phenoxy) is 1. The van der Waals surface area contributed by atoms with Crippen molar-refractivity contribution in [2.45, 2.75) is 22.8 Å². The lowest BCUT2D eigenvalue weighted by Gasteiger charge is -2.31. The Labute approximate surface area is 233 Å². The number of thiazole rings is 1. The summed E-state index contributed by atoms with van der Waals surface area (Å²) in [6, 6.07) is 22.0. The minimum Gasteiger partial charge on any atom is -0.489 e. The fourth-order valence-electron chi connectivity index (χ4n) is 4.82. The number of rotatable bonds is 5. The molecule has 1 N–H and O–H groups in total. The smallest absolute Gasteiger partial charge is 0.305 e. The number of halogens is 2. The molecule has 3 atom stereocenters. The zero-order valence-corrected chi connectivity index (χ0v) is 23.0. The predicted octanol–water partition coefficient (Wildman–Crippen LogP) is 6.23. The SMILES string of the molecule is O=C1C2Sc3[nH]c(=O)sc3C(c3cc(Br)ccc3OCc3ccc(Cl)cc3)C2C(=O)N1c1ccccc1. The van der Waals surface area contributed by atoms with Gasteiger partial charge in [0.25, 0.3) is 0 Å². The second kappa shape index (κ2) is 9.79. The molecular weight excluding hydrogens is 596 g/mol. The minimum absolute atomic E-state index is 0.221. The van der Waals surface area contributed by atoms with Crippen molar-refractivity contribution < 1.29 is 14.3 Å². The van der Waals surface area contributed by atoms with E-state index in [9.17, 15) is 14.4 Å². The number of H-pyrrole nitrogens is 1. The Kier molecular flexibility index (Phi) is 6.48. The van der Waals surface area contributed by atoms with Crippen molar-refractivity contribution in [2.24, 2.45) is 5.92 Å². The number of hydrogen-bond acceptors (Lipinski definition) is 6. The highest BCUT2D eigenvalue weighted by Gasteiger charge is 2.56. The number of aromatic nitrogens is 1. The maximum atomic E-state index is 13.9. The fourth-order valence-corrected chi connectivity index (χ4v) is 7.83. The van der Waals surface area contributed by atoms with E-state index in [4.69, 9.17) is 16.3 Å². The van der Waals surface area contributed by atoms with E-state index >= 15 is 0 Å². The van der Waals surface area contributed by atoms with E-state index in [0.717, 1.165) is 31.8 Å². The Hall–Kier alpha value is -2.85. The van der Waals surface area contributed by atoms with Gasteiger partial charge in [-0.1, -0.05) is 81.0 Å². The van der Waals surface area contributed by atoms with Gasteiger partial charge >= 0.3 is 4.87 Å². The van der Waals surface area contributed by atoms with Crippen LogP contribution < -0.4 is 14.5 Å². The van der Waals surface area contributed by atoms with Crippen LogP contribution in [0.4, 0.5) is 5.69 Å². The number of para-hydroxylation sites is 1. The Bertz CT molecular complexity index is 1570. The second-order valence-corrected chi connectivity index (χ2v) is 12.2. The van der Waals surface area contributed by atoms with Crippen LogP contribution in [0.5, 0.6) is 5.75 Å². The summed E-state index contributed by atoms with van der Waals surface area (Å²) in [6.07, 6.45) is 0. The molecule has 0 bridgehead atoms. The highest BCUT2D eigenvalue weighted by atomic mass is 79.9. The molecule has 0 spiro atoms. The number of carbonyl (C=O) groups is 2. The van der Waals surface area contributed by atoms with Crippen LogP contribution in [0.25, 0.3) is 0 Å². The fraction of sp³-hybridized carbons (Fsp3) is 0.148. The molecule has 1 saturated heterocycles. The summed E-state index contributed by atoms with van der Waals surface area (Å²) in [4.78, 5) is 44.6. The lowest BCUT2D eigenvalue weighted by molar-refractivity contribution is -0.122. The number of nitrogens with one attached hydrogen (secondary N) is 1. The third-order valence-electron chi connectivity index (χ3n) is 6.45. The van der Waals surface area contributed by atoms with E-state index in [1.807, 2.05) is 36.4 Å². The normalized spacial score (nSPS) is 20.6. The Balaban J connectivity index is 1.44. The molecule has 37 heavy (non-hydrogen) atoms. The van der Waals surface area contributed by atoms with Crippen LogP contribution >= 0.6 is 50.6 Å². The van der Waals surface area contributed by atoms with Gasteiger partial charge in [0.15, 0.2) is 0 Å². The third-order valence-corrected chi connectivity index (χ3v) is 9.60. The predicted molar refractivity (Wildman–Crippen MR) is 149 cm³/mol. The van der Waals surface area contributed by atoms with E-state index in [1.54, 1.807) is 36.4 Å². The van der Waals surface area contributed by atoms with Gasteiger partial charge in [0.2, 0.25) is 11.8 Å². The lowest BCUT2D eigenvalue weighted by Crippen LogP contribution is -2.32. The number of fused-ring (bicyclic) bond motifs is 2. The third kappa shape index (κ3) is 4.44. The number of thioether (sulfide) groups is 1. The molecule has 6 nitrogen and oxygen atoms in total. The van der Waals surface area contributed by atoms with Gasteiger partial charge in [-0.05, 0) is 48.0 Å². The van der Waals surface area contributed by atoms with Crippen molar-refractivity contribution in [3.8, 4) is 5.75 Å². The zero-order valence-electron chi connectivity index (χ0n) is 19.0. The second-order valence-electron chi connectivity index (χ2n) is 8.69. The first-order valence-corrected chi connectivity index (χ1v) is 14.3. The summed E-state index contributed by atoms with van der Waals surface area (Å²) in [7, 11) is 0. The highest BCUT2D eigenvalue weighted by molar-refractivity contribution is 9.10. The molecule has 2 aliphatic heterocycles. The number of aromatic amines is 1. The minimum atomic E-state index is -0.691. The summed E-state index contributed by atoms with van der Waals surface area (Å²) >= 11 is 11.9. The molecule has 2 aliphatic rings. The monoisotopic (exact) mass is 612 g/mol. The molecule has 3 unspecified atom stereocenters. The van der Waals surface area contributed by atoms with Crippen LogP contribution in [-0.4, -0.2) is 22.0 Å². The van der Waals surface area contributed by atoms with Gasteiger partial charge in [-0.3, -0.25) is 14.4 Å². The Morgan fingerprint density at radius 3 is 2.49 bits per heavy atom. The van der Waals surface area contributed by atoms with E-state index < -0.39 is 17.1 Å². The maximum absolute atomic E-state index is 13.9. The number of benzene rings is 3. The van der Waals surface area contributed by atoms with Crippen LogP contribution in [0.2, 0.25) is 5.02 Å². The molecule has 0 saturated carbocycles. The first kappa shape index (κ1) is 24.5. The van der Waals surface area contributed by atoms with Crippen LogP contribution in [0.1, 0.15) is 21.9 Å². The zero-order chi connectivity index (χ0) is 25.7. The number of anilines is 1. The molecule has 0 aliphatic carbocycles. The van der Waals surface area contributed by atoms with Crippen molar-refractivity contribution >= 4 is 68.1 Å². The molecular formula is C27H18BrClN2O4S2. The average molecular weight is 614 g/mol. The molecule has 3 heterocycles. The van der Waals surface area contributed by atoms with Crippen LogP contribution in [0.15, 0.2) is 87.1 Å². The van der Waals surface area contributed by atoms with E-state index in [2.05, 4.69) is 20.9 Å². The summed E-state index contributed by atoms with van der Waals surface area (Å²) in [6.45, 7) is 0.292. The van der Waals surface area contributed by atoms with E-state index in [0.29, 0.717) is 28.1 Å². The quantitative estimate of drug-likeness (QED) is 0.270. The van der Waals surface area contributed by atoms with Gasteiger partial charge in [0, 0.05) is 25.9 Å². The Morgan fingerprint density at radius 1 is 0.973 bits per heavy atom. The van der Waals surface area contributed by atoms with Gasteiger partial charge in [0.1, 0.15) is 17.6 Å². The molecule has 186 valence electrons. The highest BCUT2D eigenvalue weighted by Crippen LogP contribution is 2.54. The first-order chi connectivity index (χ1) is 17.9. The van der Waals surface area contributed by atoms with Gasteiger partial charge < -0.3 is 9.72 Å². The lowest BCUT2D eigenvalue weighted by atomic mass is 9.82. The number of amides is 2. The van der Waals surface area contributed by atoms with E-state index in [-0.39, 0.29) is 16.7 Å². The standard InChI is InChI=1S/C27H18BrClN2O4S2/c28-15-8-11-19(35-13-14-6-9-16(29)10-7-14)18(12-15)20-21-23(36-24-22(20)37-27(34)30-24)26(33)31(25(21)32)17-4-2-1-3-5-17/h1-12,20-21,23H,13H2,(H,30,34). The van der Waals surface area contributed by atoms with Gasteiger partial charge in [-0.2, -0.15) is 0 Å². The van der Waals surface area contributed by atoms with Crippen LogP contribution in [-0.2, 0) is 16.2 Å². The van der Waals surface area contributed by atoms with Gasteiger partial charge in [0.05, 0.1) is 16.6 Å². The summed E-state index contributed by atoms with van der Waals surface area (Å²) in [5.74, 6) is -1.21. The van der Waals surface area contributed by atoms with Crippen molar-refractivity contribution in [1.29, 1.82) is 0 Å². The molecule has 6 rings (SSSR count). The molecule has 0 radical (unpaired) electrons. The summed E-state index contributed by atoms with van der Waals surface area (Å²) in [5.41, 5.74) is 2.22. The molecule has 1 fully saturated rings. The summed E-state index contributed by atoms with van der Waals surface area (Å²) in [5, 5.41) is 0.598. The van der Waals surface area contributed by atoms with Gasteiger partial charge in [-0.15, -0.1) is 0 Å². The molecule has 10 heteroatoms. The molecule has 3 aromatic carbocycles. The maximum Gasteiger partial charge on any atom is 0.305 e. The molecule has 4 aromatic rings. The Morgan fingerprint density at radius 2 is 1.73 bits per heavy atom. The van der Waals surface area contributed by atoms with Crippen molar-refractivity contribution in [3.05, 3.63) is 108 Å². The first-order valence-electron chi connectivity index (χ1n) is 11.4. The van der Waals surface area contributed by atoms with Crippen molar-refractivity contribution in [3.63, 3.8) is 0 Å². The van der Waals surface area contributed by atoms with Gasteiger partial charge in [-0.25, -0.2) is 4.90 Å². The van der Waals surface area contributed by atoms with E-state index in [1.165, 1.54) is 16.7 Å². The number of carbonyl (C=O) groups excluding carboxylic acids is 2. The molecule has 1 aromatic heterocycles. The topological polar surface area (TPSA) is 79.5 Å². The largest absolute Gasteiger partial charge is 0.489 e. The number of hydrogen-bond donors (Lipinski definition) is 1. The number of nitrogens with zero attached hydrogens (tertiary/aromatic N) is 1. The van der Waals surface area contributed by atoms with Crippen molar-refractivity contribution in [2.75, 3.05) is 4.90 Å². The average Bonchev–Trinajstić information content (AvgIpc) is 3.39. The number of imide groups is 1.